The van der Waals surface area contributed by atoms with Crippen molar-refractivity contribution in [3.05, 3.63) is 18.2 Å². The van der Waals surface area contributed by atoms with E-state index in [2.05, 4.69) is 5.10 Å². The van der Waals surface area contributed by atoms with E-state index in [0.29, 0.717) is 11.6 Å². The molecule has 0 fully saturated rings. The van der Waals surface area contributed by atoms with Crippen molar-refractivity contribution in [1.29, 1.82) is 0 Å². The molecule has 0 aliphatic heterocycles. The highest BCUT2D eigenvalue weighted by atomic mass is 16.5. The van der Waals surface area contributed by atoms with Crippen LogP contribution in [0.25, 0.3) is 10.9 Å². The Hall–Kier alpha value is -1.75. The van der Waals surface area contributed by atoms with E-state index in [1.807, 2.05) is 25.2 Å². The highest BCUT2D eigenvalue weighted by Gasteiger charge is 2.10. The van der Waals surface area contributed by atoms with Gasteiger partial charge in [0.1, 0.15) is 12.4 Å². The smallest absolute Gasteiger partial charge is 0.240 e. The number of aryl methyl sites for hydroxylation is 1. The van der Waals surface area contributed by atoms with Crippen molar-refractivity contribution in [3.63, 3.8) is 0 Å². The number of hydrogen-bond donors (Lipinski definition) is 1. The van der Waals surface area contributed by atoms with E-state index in [1.165, 1.54) is 0 Å². The van der Waals surface area contributed by atoms with Gasteiger partial charge in [0.25, 0.3) is 0 Å². The van der Waals surface area contributed by atoms with Crippen molar-refractivity contribution >= 4 is 10.9 Å². The minimum absolute atomic E-state index is 0.272. The van der Waals surface area contributed by atoms with Crippen LogP contribution in [-0.2, 0) is 7.05 Å². The summed E-state index contributed by atoms with van der Waals surface area (Å²) in [5.41, 5.74) is 0.978. The van der Waals surface area contributed by atoms with Gasteiger partial charge in [-0.3, -0.25) is 4.68 Å². The first-order valence-corrected chi connectivity index (χ1v) is 5.43. The maximum atomic E-state index is 9.17. The van der Waals surface area contributed by atoms with Gasteiger partial charge in [-0.2, -0.15) is 0 Å². The number of hydrogen-bond acceptors (Lipinski definition) is 4. The Morgan fingerprint density at radius 2 is 2.24 bits per heavy atom. The van der Waals surface area contributed by atoms with Gasteiger partial charge >= 0.3 is 0 Å². The Labute approximate surface area is 99.6 Å². The average molecular weight is 236 g/mol. The minimum Gasteiger partial charge on any atom is -0.491 e. The van der Waals surface area contributed by atoms with Gasteiger partial charge in [0.2, 0.25) is 5.88 Å². The zero-order valence-corrected chi connectivity index (χ0v) is 10.2. The van der Waals surface area contributed by atoms with Gasteiger partial charge in [-0.15, -0.1) is 5.10 Å². The summed E-state index contributed by atoms with van der Waals surface area (Å²) < 4.78 is 12.4. The van der Waals surface area contributed by atoms with E-state index in [4.69, 9.17) is 14.6 Å². The fourth-order valence-electron chi connectivity index (χ4n) is 1.67. The number of aliphatic hydroxyl groups is 1. The molecule has 5 heteroatoms. The van der Waals surface area contributed by atoms with Crippen molar-refractivity contribution < 1.29 is 14.6 Å². The fourth-order valence-corrected chi connectivity index (χ4v) is 1.67. The second kappa shape index (κ2) is 4.63. The van der Waals surface area contributed by atoms with Gasteiger partial charge in [0.15, 0.2) is 0 Å². The zero-order valence-electron chi connectivity index (χ0n) is 10.2. The SMILES string of the molecule is COc1nn(C)c2ccc(OCC(C)O)cc12. The number of benzene rings is 1. The third-order valence-corrected chi connectivity index (χ3v) is 2.47. The summed E-state index contributed by atoms with van der Waals surface area (Å²) in [6.07, 6.45) is -0.485. The van der Waals surface area contributed by atoms with Crippen LogP contribution in [0.4, 0.5) is 0 Å². The number of methoxy groups -OCH3 is 1. The van der Waals surface area contributed by atoms with Crippen LogP contribution < -0.4 is 9.47 Å². The summed E-state index contributed by atoms with van der Waals surface area (Å²) in [7, 11) is 3.45. The Kier molecular flexibility index (Phi) is 3.19. The van der Waals surface area contributed by atoms with Crippen LogP contribution in [0, 0.1) is 0 Å². The summed E-state index contributed by atoms with van der Waals surface area (Å²) >= 11 is 0. The van der Waals surface area contributed by atoms with Crippen molar-refractivity contribution in [2.75, 3.05) is 13.7 Å². The van der Waals surface area contributed by atoms with E-state index in [1.54, 1.807) is 18.7 Å². The van der Waals surface area contributed by atoms with Crippen molar-refractivity contribution in [2.24, 2.45) is 7.05 Å². The fraction of sp³-hybridized carbons (Fsp3) is 0.417. The van der Waals surface area contributed by atoms with Crippen LogP contribution in [0.15, 0.2) is 18.2 Å². The lowest BCUT2D eigenvalue weighted by Crippen LogP contribution is -2.12. The summed E-state index contributed by atoms with van der Waals surface area (Å²) in [5.74, 6) is 1.27. The molecule has 1 aromatic heterocycles. The molecule has 92 valence electrons. The molecule has 0 saturated carbocycles. The van der Waals surface area contributed by atoms with Crippen molar-refractivity contribution in [1.82, 2.24) is 9.78 Å². The lowest BCUT2D eigenvalue weighted by molar-refractivity contribution is 0.123. The molecule has 1 N–H and O–H groups in total. The van der Waals surface area contributed by atoms with Crippen LogP contribution in [0.1, 0.15) is 6.92 Å². The summed E-state index contributed by atoms with van der Waals surface area (Å²) in [4.78, 5) is 0. The summed E-state index contributed by atoms with van der Waals surface area (Å²) in [6, 6.07) is 5.64. The van der Waals surface area contributed by atoms with Crippen LogP contribution in [0.5, 0.6) is 11.6 Å². The second-order valence-electron chi connectivity index (χ2n) is 3.97. The third kappa shape index (κ3) is 2.34. The normalized spacial score (nSPS) is 12.7. The summed E-state index contributed by atoms with van der Waals surface area (Å²) in [6.45, 7) is 1.96. The van der Waals surface area contributed by atoms with E-state index in [-0.39, 0.29) is 6.61 Å². The van der Waals surface area contributed by atoms with E-state index in [0.717, 1.165) is 10.9 Å². The first kappa shape index (κ1) is 11.7. The lowest BCUT2D eigenvalue weighted by Gasteiger charge is -2.08. The summed E-state index contributed by atoms with van der Waals surface area (Å²) in [5, 5.41) is 14.3. The first-order valence-electron chi connectivity index (χ1n) is 5.43. The van der Waals surface area contributed by atoms with Gasteiger partial charge in [-0.25, -0.2) is 0 Å². The molecule has 0 saturated heterocycles. The zero-order chi connectivity index (χ0) is 12.4. The van der Waals surface area contributed by atoms with Gasteiger partial charge < -0.3 is 14.6 Å². The maximum Gasteiger partial charge on any atom is 0.240 e. The molecule has 0 aliphatic rings. The van der Waals surface area contributed by atoms with Gasteiger partial charge in [-0.1, -0.05) is 0 Å². The number of aliphatic hydroxyl groups excluding tert-OH is 1. The molecule has 1 atom stereocenters. The molecule has 1 aromatic carbocycles. The van der Waals surface area contributed by atoms with Crippen LogP contribution in [-0.4, -0.2) is 34.7 Å². The lowest BCUT2D eigenvalue weighted by atomic mass is 10.2. The van der Waals surface area contributed by atoms with Crippen LogP contribution in [0.2, 0.25) is 0 Å². The number of rotatable bonds is 4. The van der Waals surface area contributed by atoms with E-state index >= 15 is 0 Å². The Bertz CT molecular complexity index is 520. The Morgan fingerprint density at radius 3 is 2.88 bits per heavy atom. The number of nitrogens with zero attached hydrogens (tertiary/aromatic N) is 2. The molecule has 1 heterocycles. The molecule has 1 unspecified atom stereocenters. The molecule has 2 aromatic rings. The topological polar surface area (TPSA) is 56.5 Å². The van der Waals surface area contributed by atoms with Crippen molar-refractivity contribution in [2.45, 2.75) is 13.0 Å². The maximum absolute atomic E-state index is 9.17. The number of aromatic nitrogens is 2. The first-order chi connectivity index (χ1) is 8.11. The molecular weight excluding hydrogens is 220 g/mol. The van der Waals surface area contributed by atoms with Gasteiger partial charge in [0.05, 0.1) is 24.1 Å². The molecule has 0 aliphatic carbocycles. The van der Waals surface area contributed by atoms with E-state index in [9.17, 15) is 0 Å². The van der Waals surface area contributed by atoms with Gasteiger partial charge in [0, 0.05) is 7.05 Å². The molecule has 17 heavy (non-hydrogen) atoms. The third-order valence-electron chi connectivity index (χ3n) is 2.47. The van der Waals surface area contributed by atoms with Crippen LogP contribution >= 0.6 is 0 Å². The Balaban J connectivity index is 2.35. The predicted molar refractivity (Wildman–Crippen MR) is 64.4 cm³/mol. The average Bonchev–Trinajstić information content (AvgIpc) is 2.63. The highest BCUT2D eigenvalue weighted by Crippen LogP contribution is 2.28. The minimum atomic E-state index is -0.485. The molecular formula is C12H16N2O3. The monoisotopic (exact) mass is 236 g/mol. The Morgan fingerprint density at radius 1 is 1.47 bits per heavy atom. The highest BCUT2D eigenvalue weighted by molar-refractivity contribution is 5.85. The van der Waals surface area contributed by atoms with Crippen LogP contribution in [0.3, 0.4) is 0 Å². The van der Waals surface area contributed by atoms with Crippen molar-refractivity contribution in [3.8, 4) is 11.6 Å². The van der Waals surface area contributed by atoms with E-state index < -0.39 is 6.10 Å². The molecule has 2 rings (SSSR count). The predicted octanol–water partition coefficient (Wildman–Crippen LogP) is 1.34. The molecule has 0 spiro atoms. The molecule has 0 radical (unpaired) electrons. The number of ether oxygens (including phenoxy) is 2. The molecule has 0 amide bonds. The largest absolute Gasteiger partial charge is 0.491 e. The quantitative estimate of drug-likeness (QED) is 0.870. The van der Waals surface area contributed by atoms with Gasteiger partial charge in [-0.05, 0) is 25.1 Å². The standard InChI is InChI=1S/C12H16N2O3/c1-8(15)7-17-9-4-5-11-10(6-9)12(16-3)13-14(11)2/h4-6,8,15H,7H2,1-3H3. The molecule has 0 bridgehead atoms. The number of fused-ring (bicyclic) bond motifs is 1. The molecule has 5 nitrogen and oxygen atoms in total. The second-order valence-corrected chi connectivity index (χ2v) is 3.97.